The van der Waals surface area contributed by atoms with Crippen molar-refractivity contribution in [2.24, 2.45) is 5.10 Å². The van der Waals surface area contributed by atoms with E-state index in [9.17, 15) is 0 Å². The molecular weight excluding hydrogens is 326 g/mol. The van der Waals surface area contributed by atoms with Crippen LogP contribution in [0.5, 0.6) is 0 Å². The number of benzene rings is 2. The lowest BCUT2D eigenvalue weighted by atomic mass is 9.86. The third-order valence-corrected chi connectivity index (χ3v) is 4.32. The number of nitrogens with zero attached hydrogens (tertiary/aromatic N) is 1. The molecule has 0 aliphatic heterocycles. The van der Waals surface area contributed by atoms with Gasteiger partial charge in [-0.15, -0.1) is 0 Å². The maximum atomic E-state index is 5.34. The Morgan fingerprint density at radius 2 is 1.64 bits per heavy atom. The van der Waals surface area contributed by atoms with Crippen LogP contribution >= 0.6 is 12.2 Å². The molecule has 2 N–H and O–H groups in total. The van der Waals surface area contributed by atoms with Gasteiger partial charge in [0.25, 0.3) is 0 Å². The lowest BCUT2D eigenvalue weighted by molar-refractivity contribution is 0.590. The number of anilines is 1. The molecule has 0 saturated heterocycles. The van der Waals surface area contributed by atoms with E-state index in [-0.39, 0.29) is 5.41 Å². The summed E-state index contributed by atoms with van der Waals surface area (Å²) in [7, 11) is 0. The van der Waals surface area contributed by atoms with Crippen molar-refractivity contribution in [1.82, 2.24) is 5.43 Å². The highest BCUT2D eigenvalue weighted by molar-refractivity contribution is 7.80. The molecule has 0 amide bonds. The summed E-state index contributed by atoms with van der Waals surface area (Å²) in [5, 5.41) is 8.06. The first-order valence-corrected chi connectivity index (χ1v) is 8.87. The third-order valence-electron chi connectivity index (χ3n) is 4.12. The zero-order chi connectivity index (χ0) is 18.6. The predicted molar refractivity (Wildman–Crippen MR) is 113 cm³/mol. The number of hydrogen-bond donors (Lipinski definition) is 2. The minimum Gasteiger partial charge on any atom is -0.331 e. The Morgan fingerprint density at radius 1 is 1.00 bits per heavy atom. The number of nitrogens with one attached hydrogen (secondary N) is 2. The van der Waals surface area contributed by atoms with Gasteiger partial charge < -0.3 is 5.32 Å². The SMILES string of the molecule is C/C(=N\NC(=S)Nc1ccc(C)cc1C)c1ccc(C(C)(C)C)cc1. The molecule has 0 atom stereocenters. The molecule has 132 valence electrons. The Hall–Kier alpha value is -2.20. The first kappa shape index (κ1) is 19.1. The van der Waals surface area contributed by atoms with Gasteiger partial charge in [-0.2, -0.15) is 5.10 Å². The lowest BCUT2D eigenvalue weighted by Gasteiger charge is -2.19. The van der Waals surface area contributed by atoms with Crippen molar-refractivity contribution < 1.29 is 0 Å². The summed E-state index contributed by atoms with van der Waals surface area (Å²) in [6.07, 6.45) is 0. The van der Waals surface area contributed by atoms with Crippen molar-refractivity contribution >= 4 is 28.7 Å². The summed E-state index contributed by atoms with van der Waals surface area (Å²) in [6.45, 7) is 12.7. The van der Waals surface area contributed by atoms with Crippen molar-refractivity contribution in [1.29, 1.82) is 0 Å². The molecule has 0 aromatic heterocycles. The topological polar surface area (TPSA) is 36.4 Å². The van der Waals surface area contributed by atoms with Crippen LogP contribution in [0.2, 0.25) is 0 Å². The Labute approximate surface area is 156 Å². The molecule has 25 heavy (non-hydrogen) atoms. The van der Waals surface area contributed by atoms with Crippen molar-refractivity contribution in [3.63, 3.8) is 0 Å². The van der Waals surface area contributed by atoms with Crippen molar-refractivity contribution in [2.45, 2.75) is 47.0 Å². The molecule has 0 aliphatic rings. The molecular formula is C21H27N3S. The second-order valence-corrected chi connectivity index (χ2v) is 7.82. The van der Waals surface area contributed by atoms with Crippen LogP contribution in [0.1, 0.15) is 49.9 Å². The van der Waals surface area contributed by atoms with Crippen LogP contribution in [-0.4, -0.2) is 10.8 Å². The molecule has 0 aliphatic carbocycles. The number of hydrogen-bond acceptors (Lipinski definition) is 2. The van der Waals surface area contributed by atoms with Gasteiger partial charge in [-0.3, -0.25) is 5.43 Å². The van der Waals surface area contributed by atoms with Gasteiger partial charge in [0, 0.05) is 5.69 Å². The van der Waals surface area contributed by atoms with Crippen LogP contribution in [0.3, 0.4) is 0 Å². The molecule has 4 heteroatoms. The van der Waals surface area contributed by atoms with E-state index in [1.165, 1.54) is 11.1 Å². The Morgan fingerprint density at radius 3 is 2.20 bits per heavy atom. The standard InChI is InChI=1S/C21H27N3S/c1-14-7-12-19(15(2)13-14)22-20(25)24-23-16(3)17-8-10-18(11-9-17)21(4,5)6/h7-13H,1-6H3,(H2,22,24,25)/b23-16+. The predicted octanol–water partition coefficient (Wildman–Crippen LogP) is 5.31. The van der Waals surface area contributed by atoms with Crippen LogP contribution in [0.25, 0.3) is 0 Å². The van der Waals surface area contributed by atoms with Gasteiger partial charge in [-0.05, 0) is 61.2 Å². The fourth-order valence-corrected chi connectivity index (χ4v) is 2.67. The summed E-state index contributed by atoms with van der Waals surface area (Å²) in [5.41, 5.74) is 9.74. The first-order valence-electron chi connectivity index (χ1n) is 8.46. The van der Waals surface area contributed by atoms with Crippen molar-refractivity contribution in [3.05, 3.63) is 64.7 Å². The number of thiocarbonyl (C=S) groups is 1. The van der Waals surface area contributed by atoms with Gasteiger partial charge in [0.2, 0.25) is 0 Å². The van der Waals surface area contributed by atoms with E-state index >= 15 is 0 Å². The second kappa shape index (κ2) is 7.79. The number of aryl methyl sites for hydroxylation is 2. The fourth-order valence-electron chi connectivity index (χ4n) is 2.51. The van der Waals surface area contributed by atoms with E-state index in [2.05, 4.69) is 86.9 Å². The molecule has 0 saturated carbocycles. The summed E-state index contributed by atoms with van der Waals surface area (Å²) in [4.78, 5) is 0. The fraction of sp³-hybridized carbons (Fsp3) is 0.333. The minimum atomic E-state index is 0.152. The first-order chi connectivity index (χ1) is 11.7. The van der Waals surface area contributed by atoms with E-state index in [0.717, 1.165) is 22.5 Å². The molecule has 2 aromatic rings. The molecule has 0 spiro atoms. The highest BCUT2D eigenvalue weighted by atomic mass is 32.1. The zero-order valence-electron chi connectivity index (χ0n) is 15.9. The van der Waals surface area contributed by atoms with Crippen molar-refractivity contribution in [2.75, 3.05) is 5.32 Å². The molecule has 0 unspecified atom stereocenters. The summed E-state index contributed by atoms with van der Waals surface area (Å²) >= 11 is 5.34. The molecule has 3 nitrogen and oxygen atoms in total. The number of rotatable bonds is 3. The average Bonchev–Trinajstić information content (AvgIpc) is 2.54. The summed E-state index contributed by atoms with van der Waals surface area (Å²) in [5.74, 6) is 0. The summed E-state index contributed by atoms with van der Waals surface area (Å²) in [6, 6.07) is 14.7. The smallest absolute Gasteiger partial charge is 0.191 e. The van der Waals surface area contributed by atoms with E-state index in [4.69, 9.17) is 12.2 Å². The zero-order valence-corrected chi connectivity index (χ0v) is 16.7. The molecule has 2 aromatic carbocycles. The Balaban J connectivity index is 2.01. The normalized spacial score (nSPS) is 12.0. The molecule has 2 rings (SSSR count). The largest absolute Gasteiger partial charge is 0.331 e. The van der Waals surface area contributed by atoms with Crippen LogP contribution in [-0.2, 0) is 5.41 Å². The van der Waals surface area contributed by atoms with Gasteiger partial charge in [-0.25, -0.2) is 0 Å². The van der Waals surface area contributed by atoms with Gasteiger partial charge in [0.05, 0.1) is 5.71 Å². The van der Waals surface area contributed by atoms with E-state index < -0.39 is 0 Å². The van der Waals surface area contributed by atoms with Crippen LogP contribution < -0.4 is 10.7 Å². The highest BCUT2D eigenvalue weighted by Gasteiger charge is 2.13. The third kappa shape index (κ3) is 5.40. The molecule has 0 radical (unpaired) electrons. The minimum absolute atomic E-state index is 0.152. The van der Waals surface area contributed by atoms with Crippen LogP contribution in [0.15, 0.2) is 47.6 Å². The maximum absolute atomic E-state index is 5.34. The van der Waals surface area contributed by atoms with Crippen LogP contribution in [0, 0.1) is 13.8 Å². The second-order valence-electron chi connectivity index (χ2n) is 7.41. The quantitative estimate of drug-likeness (QED) is 0.446. The summed E-state index contributed by atoms with van der Waals surface area (Å²) < 4.78 is 0. The molecule has 0 fully saturated rings. The van der Waals surface area contributed by atoms with Crippen LogP contribution in [0.4, 0.5) is 5.69 Å². The van der Waals surface area contributed by atoms with E-state index in [1.54, 1.807) is 0 Å². The molecule has 0 heterocycles. The average molecular weight is 354 g/mol. The lowest BCUT2D eigenvalue weighted by Crippen LogP contribution is -2.25. The molecule has 0 bridgehead atoms. The van der Waals surface area contributed by atoms with E-state index in [1.807, 2.05) is 13.0 Å². The van der Waals surface area contributed by atoms with Crippen molar-refractivity contribution in [3.8, 4) is 0 Å². The Kier molecular flexibility index (Phi) is 5.96. The Bertz CT molecular complexity index is 784. The van der Waals surface area contributed by atoms with Gasteiger partial charge in [0.15, 0.2) is 5.11 Å². The van der Waals surface area contributed by atoms with E-state index in [0.29, 0.717) is 5.11 Å². The monoisotopic (exact) mass is 353 g/mol. The maximum Gasteiger partial charge on any atom is 0.191 e. The van der Waals surface area contributed by atoms with Gasteiger partial charge >= 0.3 is 0 Å². The van der Waals surface area contributed by atoms with Gasteiger partial charge in [0.1, 0.15) is 0 Å². The van der Waals surface area contributed by atoms with Gasteiger partial charge in [-0.1, -0.05) is 62.7 Å². The highest BCUT2D eigenvalue weighted by Crippen LogP contribution is 2.22. The number of hydrazone groups is 1.